The second-order valence-corrected chi connectivity index (χ2v) is 4.49. The molecule has 0 fully saturated rings. The lowest BCUT2D eigenvalue weighted by Gasteiger charge is -2.20. The first kappa shape index (κ1) is 10.9. The molecule has 0 saturated carbocycles. The Labute approximate surface area is 104 Å². The van der Waals surface area contributed by atoms with Gasteiger partial charge in [-0.1, -0.05) is 0 Å². The quantitative estimate of drug-likeness (QED) is 0.706. The molecule has 0 saturated heterocycles. The third-order valence-corrected chi connectivity index (χ3v) is 2.87. The summed E-state index contributed by atoms with van der Waals surface area (Å²) in [5, 5.41) is 11.3. The molecule has 6 nitrogen and oxygen atoms in total. The number of hydrazine groups is 2. The highest BCUT2D eigenvalue weighted by molar-refractivity contribution is 5.82. The van der Waals surface area contributed by atoms with Gasteiger partial charge in [0.1, 0.15) is 11.0 Å². The van der Waals surface area contributed by atoms with Crippen LogP contribution in [0.15, 0.2) is 24.5 Å². The molecule has 0 aliphatic carbocycles. The van der Waals surface area contributed by atoms with Gasteiger partial charge in [-0.2, -0.15) is 0 Å². The van der Waals surface area contributed by atoms with Crippen LogP contribution in [-0.2, 0) is 0 Å². The summed E-state index contributed by atoms with van der Waals surface area (Å²) in [5.41, 5.74) is 7.59. The van der Waals surface area contributed by atoms with Gasteiger partial charge in [-0.05, 0) is 26.0 Å². The zero-order chi connectivity index (χ0) is 12.7. The van der Waals surface area contributed by atoms with Crippen LogP contribution in [0.4, 0.5) is 11.5 Å². The third kappa shape index (κ3) is 1.58. The summed E-state index contributed by atoms with van der Waals surface area (Å²) in [6.45, 7) is 4.09. The number of nitrogens with zero attached hydrogens (tertiary/aromatic N) is 3. The number of fused-ring (bicyclic) bond motifs is 2. The number of hydrogen-bond donors (Lipinski definition) is 3. The summed E-state index contributed by atoms with van der Waals surface area (Å²) in [5.74, 6) is 0.659. The maximum Gasteiger partial charge on any atom is 0.169 e. The van der Waals surface area contributed by atoms with Crippen LogP contribution in [0.25, 0.3) is 10.9 Å². The largest absolute Gasteiger partial charge is 0.296 e. The first-order valence-corrected chi connectivity index (χ1v) is 5.82. The van der Waals surface area contributed by atoms with Crippen LogP contribution in [0.3, 0.4) is 0 Å². The Morgan fingerprint density at radius 1 is 1.28 bits per heavy atom. The average molecular weight is 242 g/mol. The number of nitrogens with one attached hydrogen (secondary N) is 3. The van der Waals surface area contributed by atoms with Crippen LogP contribution in [0, 0.1) is 5.41 Å². The van der Waals surface area contributed by atoms with Gasteiger partial charge < -0.3 is 0 Å². The molecule has 3 rings (SSSR count). The second-order valence-electron chi connectivity index (χ2n) is 4.49. The van der Waals surface area contributed by atoms with Crippen LogP contribution in [0.2, 0.25) is 0 Å². The van der Waals surface area contributed by atoms with E-state index in [9.17, 15) is 0 Å². The van der Waals surface area contributed by atoms with Gasteiger partial charge in [-0.25, -0.2) is 4.98 Å². The fraction of sp³-hybridized carbons (Fsp3) is 0.250. The highest BCUT2D eigenvalue weighted by Crippen LogP contribution is 2.23. The van der Waals surface area contributed by atoms with Crippen LogP contribution in [0.1, 0.15) is 13.8 Å². The van der Waals surface area contributed by atoms with Crippen molar-refractivity contribution < 1.29 is 0 Å². The van der Waals surface area contributed by atoms with Gasteiger partial charge in [0.2, 0.25) is 0 Å². The van der Waals surface area contributed by atoms with E-state index in [0.717, 1.165) is 5.39 Å². The van der Waals surface area contributed by atoms with Crippen LogP contribution in [-0.4, -0.2) is 21.1 Å². The molecular formula is C12H14N6. The normalized spacial score (nSPS) is 14.4. The molecule has 3 N–H and O–H groups in total. The molecule has 1 aliphatic rings. The molecular weight excluding hydrogens is 228 g/mol. The topological polar surface area (TPSA) is 76.9 Å². The Bertz CT molecular complexity index is 666. The standard InChI is InChI=1S/C12H14N6/c1-7(2)18-16-11-9(13)10-8(4-3-5-14-10)6-15-12(11)17-18/h3-7,13,16-17H,1-2H3. The predicted octanol–water partition coefficient (Wildman–Crippen LogP) is 1.49. The Morgan fingerprint density at radius 3 is 2.89 bits per heavy atom. The van der Waals surface area contributed by atoms with E-state index in [1.165, 1.54) is 0 Å². The summed E-state index contributed by atoms with van der Waals surface area (Å²) < 4.78 is 0. The molecule has 2 aromatic rings. The maximum atomic E-state index is 8.24. The Hall–Kier alpha value is -2.21. The van der Waals surface area contributed by atoms with E-state index in [1.807, 2.05) is 31.1 Å². The molecule has 18 heavy (non-hydrogen) atoms. The fourth-order valence-corrected chi connectivity index (χ4v) is 1.88. The lowest BCUT2D eigenvalue weighted by atomic mass is 10.3. The molecule has 0 spiro atoms. The minimum atomic E-state index is 0.253. The van der Waals surface area contributed by atoms with E-state index in [1.54, 1.807) is 12.4 Å². The van der Waals surface area contributed by atoms with E-state index in [2.05, 4.69) is 20.8 Å². The molecule has 0 radical (unpaired) electrons. The highest BCUT2D eigenvalue weighted by atomic mass is 15.8. The van der Waals surface area contributed by atoms with Crippen molar-refractivity contribution in [1.29, 1.82) is 5.41 Å². The maximum absolute atomic E-state index is 8.24. The summed E-state index contributed by atoms with van der Waals surface area (Å²) in [6.07, 6.45) is 3.42. The number of hydrogen-bond acceptors (Lipinski definition) is 6. The Morgan fingerprint density at radius 2 is 2.11 bits per heavy atom. The highest BCUT2D eigenvalue weighted by Gasteiger charge is 2.22. The first-order chi connectivity index (χ1) is 8.66. The van der Waals surface area contributed by atoms with Gasteiger partial charge in [-0.3, -0.25) is 21.2 Å². The lowest BCUT2D eigenvalue weighted by Crippen LogP contribution is -2.36. The molecule has 3 heterocycles. The number of aromatic nitrogens is 2. The average Bonchev–Trinajstić information content (AvgIpc) is 2.75. The van der Waals surface area contributed by atoms with E-state index in [4.69, 9.17) is 5.41 Å². The van der Waals surface area contributed by atoms with Gasteiger partial charge >= 0.3 is 0 Å². The van der Waals surface area contributed by atoms with Gasteiger partial charge in [0.15, 0.2) is 5.82 Å². The van der Waals surface area contributed by atoms with Crippen molar-refractivity contribution in [2.24, 2.45) is 0 Å². The molecule has 0 bridgehead atoms. The van der Waals surface area contributed by atoms with Gasteiger partial charge in [0.25, 0.3) is 0 Å². The molecule has 0 unspecified atom stereocenters. The number of pyridine rings is 1. The van der Waals surface area contributed by atoms with E-state index >= 15 is 0 Å². The molecule has 1 aliphatic heterocycles. The van der Waals surface area contributed by atoms with Crippen LogP contribution >= 0.6 is 0 Å². The monoisotopic (exact) mass is 242 g/mol. The Balaban J connectivity index is 2.24. The second kappa shape index (κ2) is 3.92. The van der Waals surface area contributed by atoms with E-state index < -0.39 is 0 Å². The molecule has 0 amide bonds. The smallest absolute Gasteiger partial charge is 0.169 e. The zero-order valence-corrected chi connectivity index (χ0v) is 10.2. The van der Waals surface area contributed by atoms with E-state index in [-0.39, 0.29) is 6.04 Å². The van der Waals surface area contributed by atoms with Crippen molar-refractivity contribution in [3.05, 3.63) is 29.9 Å². The van der Waals surface area contributed by atoms with Crippen molar-refractivity contribution in [3.8, 4) is 0 Å². The summed E-state index contributed by atoms with van der Waals surface area (Å²) in [7, 11) is 0. The first-order valence-electron chi connectivity index (χ1n) is 5.82. The number of rotatable bonds is 1. The lowest BCUT2D eigenvalue weighted by molar-refractivity contribution is 0.337. The molecule has 2 aromatic heterocycles. The van der Waals surface area contributed by atoms with Crippen LogP contribution in [0.5, 0.6) is 0 Å². The van der Waals surface area contributed by atoms with Gasteiger partial charge in [0, 0.05) is 23.8 Å². The minimum absolute atomic E-state index is 0.253. The summed E-state index contributed by atoms with van der Waals surface area (Å²) in [4.78, 5) is 8.62. The van der Waals surface area contributed by atoms with Crippen LogP contribution < -0.4 is 16.2 Å². The molecule has 0 atom stereocenters. The van der Waals surface area contributed by atoms with Crippen molar-refractivity contribution >= 4 is 22.4 Å². The predicted molar refractivity (Wildman–Crippen MR) is 69.6 cm³/mol. The van der Waals surface area contributed by atoms with Crippen molar-refractivity contribution in [1.82, 2.24) is 15.1 Å². The summed E-state index contributed by atoms with van der Waals surface area (Å²) >= 11 is 0. The van der Waals surface area contributed by atoms with Gasteiger partial charge in [-0.15, -0.1) is 5.12 Å². The summed E-state index contributed by atoms with van der Waals surface area (Å²) in [6, 6.07) is 4.00. The van der Waals surface area contributed by atoms with Crippen molar-refractivity contribution in [3.63, 3.8) is 0 Å². The zero-order valence-electron chi connectivity index (χ0n) is 10.2. The number of anilines is 2. The van der Waals surface area contributed by atoms with E-state index in [0.29, 0.717) is 22.4 Å². The molecule has 0 aromatic carbocycles. The van der Waals surface area contributed by atoms with Crippen molar-refractivity contribution in [2.45, 2.75) is 19.9 Å². The molecule has 6 heteroatoms. The SMILES string of the molecule is CC(C)N1Nc2ncc3cccnc3c(=N)c2N1. The Kier molecular flexibility index (Phi) is 2.38. The fourth-order valence-electron chi connectivity index (χ4n) is 1.88. The minimum Gasteiger partial charge on any atom is -0.296 e. The molecule has 92 valence electrons. The van der Waals surface area contributed by atoms with Crippen molar-refractivity contribution in [2.75, 3.05) is 10.9 Å². The third-order valence-electron chi connectivity index (χ3n) is 2.87. The van der Waals surface area contributed by atoms with Gasteiger partial charge in [0.05, 0.1) is 5.52 Å².